The van der Waals surface area contributed by atoms with Gasteiger partial charge in [0.2, 0.25) is 5.91 Å². The average Bonchev–Trinajstić information content (AvgIpc) is 3.14. The molecule has 1 saturated carbocycles. The molecular weight excluding hydrogens is 355 g/mol. The molecule has 1 fully saturated rings. The van der Waals surface area contributed by atoms with Crippen molar-refractivity contribution in [3.8, 4) is 0 Å². The minimum Gasteiger partial charge on any atom is -0.353 e. The number of nitrogens with one attached hydrogen (secondary N) is 2. The first-order chi connectivity index (χ1) is 12.6. The van der Waals surface area contributed by atoms with Gasteiger partial charge in [-0.25, -0.2) is 4.39 Å². The lowest BCUT2D eigenvalue weighted by atomic mass is 10.2. The molecule has 0 unspecified atom stereocenters. The van der Waals surface area contributed by atoms with Crippen molar-refractivity contribution < 1.29 is 14.0 Å². The highest BCUT2D eigenvalue weighted by molar-refractivity contribution is 7.99. The van der Waals surface area contributed by atoms with E-state index in [1.165, 1.54) is 42.8 Å². The monoisotopic (exact) mass is 374 g/mol. The molecule has 0 spiro atoms. The number of hydrogen-bond donors (Lipinski definition) is 2. The predicted octanol–water partition coefficient (Wildman–Crippen LogP) is 3.02. The number of thioether (sulfide) groups is 1. The summed E-state index contributed by atoms with van der Waals surface area (Å²) in [5.41, 5.74) is 0.203. The van der Waals surface area contributed by atoms with Crippen LogP contribution < -0.4 is 10.6 Å². The fourth-order valence-electron chi connectivity index (χ4n) is 2.76. The van der Waals surface area contributed by atoms with Gasteiger partial charge in [-0.1, -0.05) is 30.7 Å². The molecule has 1 aliphatic rings. The van der Waals surface area contributed by atoms with Gasteiger partial charge in [0.05, 0.1) is 5.75 Å². The average molecular weight is 374 g/mol. The molecule has 2 N–H and O–H groups in total. The largest absolute Gasteiger partial charge is 0.353 e. The zero-order valence-electron chi connectivity index (χ0n) is 14.1. The Hall–Kier alpha value is -2.48. The summed E-state index contributed by atoms with van der Waals surface area (Å²) in [6.45, 7) is 0. The standard InChI is InChI=1S/C18H19FN4O2S/c19-13-5-3-4-12(10-13)18(25)21-15-8-9-17(23-22-15)26-11-16(24)20-14-6-1-2-7-14/h3-5,8-10,14H,1-2,6-7,11H2,(H,20,24)(H,21,22,25). The highest BCUT2D eigenvalue weighted by Gasteiger charge is 2.17. The molecule has 136 valence electrons. The maximum absolute atomic E-state index is 13.2. The molecule has 1 aromatic carbocycles. The summed E-state index contributed by atoms with van der Waals surface area (Å²) >= 11 is 1.29. The molecule has 1 aliphatic carbocycles. The van der Waals surface area contributed by atoms with Gasteiger partial charge < -0.3 is 10.6 Å². The summed E-state index contributed by atoms with van der Waals surface area (Å²) in [5, 5.41) is 14.1. The number of halogens is 1. The van der Waals surface area contributed by atoms with E-state index in [1.807, 2.05) is 0 Å². The topological polar surface area (TPSA) is 84.0 Å². The van der Waals surface area contributed by atoms with Crippen LogP contribution in [0.2, 0.25) is 0 Å². The van der Waals surface area contributed by atoms with Gasteiger partial charge in [-0.05, 0) is 43.2 Å². The molecule has 2 aromatic rings. The first kappa shape index (κ1) is 18.3. The van der Waals surface area contributed by atoms with E-state index in [0.29, 0.717) is 11.1 Å². The van der Waals surface area contributed by atoms with E-state index < -0.39 is 11.7 Å². The molecule has 0 radical (unpaired) electrons. The summed E-state index contributed by atoms with van der Waals surface area (Å²) in [6.07, 6.45) is 4.45. The lowest BCUT2D eigenvalue weighted by Gasteiger charge is -2.11. The van der Waals surface area contributed by atoms with Crippen LogP contribution in [0.25, 0.3) is 0 Å². The fourth-order valence-corrected chi connectivity index (χ4v) is 3.39. The molecule has 0 bridgehead atoms. The van der Waals surface area contributed by atoms with Crippen molar-refractivity contribution >= 4 is 29.4 Å². The third-order valence-corrected chi connectivity index (χ3v) is 4.96. The molecule has 26 heavy (non-hydrogen) atoms. The van der Waals surface area contributed by atoms with E-state index >= 15 is 0 Å². The van der Waals surface area contributed by atoms with Crippen LogP contribution in [0.5, 0.6) is 0 Å². The van der Waals surface area contributed by atoms with Crippen molar-refractivity contribution in [1.29, 1.82) is 0 Å². The van der Waals surface area contributed by atoms with Gasteiger partial charge in [-0.3, -0.25) is 9.59 Å². The van der Waals surface area contributed by atoms with Crippen molar-refractivity contribution in [2.45, 2.75) is 36.8 Å². The van der Waals surface area contributed by atoms with Gasteiger partial charge in [0, 0.05) is 11.6 Å². The van der Waals surface area contributed by atoms with Gasteiger partial charge in [-0.2, -0.15) is 0 Å². The zero-order chi connectivity index (χ0) is 18.4. The number of hydrogen-bond acceptors (Lipinski definition) is 5. The number of anilines is 1. The number of nitrogens with zero attached hydrogens (tertiary/aromatic N) is 2. The predicted molar refractivity (Wildman–Crippen MR) is 97.5 cm³/mol. The summed E-state index contributed by atoms with van der Waals surface area (Å²) in [5.74, 6) is -0.409. The molecule has 3 rings (SSSR count). The lowest BCUT2D eigenvalue weighted by Crippen LogP contribution is -2.33. The number of carbonyl (C=O) groups is 2. The molecule has 1 heterocycles. The van der Waals surface area contributed by atoms with Crippen molar-refractivity contribution in [3.63, 3.8) is 0 Å². The van der Waals surface area contributed by atoms with E-state index in [9.17, 15) is 14.0 Å². The molecule has 1 aromatic heterocycles. The SMILES string of the molecule is O=C(CSc1ccc(NC(=O)c2cccc(F)c2)nn1)NC1CCCC1. The van der Waals surface area contributed by atoms with E-state index in [-0.39, 0.29) is 23.0 Å². The maximum Gasteiger partial charge on any atom is 0.256 e. The van der Waals surface area contributed by atoms with Crippen LogP contribution in [0.15, 0.2) is 41.4 Å². The summed E-state index contributed by atoms with van der Waals surface area (Å²) in [4.78, 5) is 23.9. The van der Waals surface area contributed by atoms with Crippen molar-refractivity contribution in [1.82, 2.24) is 15.5 Å². The quantitative estimate of drug-likeness (QED) is 0.760. The third kappa shape index (κ3) is 5.26. The van der Waals surface area contributed by atoms with Crippen LogP contribution in [0.1, 0.15) is 36.0 Å². The summed E-state index contributed by atoms with van der Waals surface area (Å²) in [6, 6.07) is 8.98. The smallest absolute Gasteiger partial charge is 0.256 e. The number of carbonyl (C=O) groups excluding carboxylic acids is 2. The molecule has 0 atom stereocenters. The highest BCUT2D eigenvalue weighted by atomic mass is 32.2. The Balaban J connectivity index is 1.48. The van der Waals surface area contributed by atoms with Crippen molar-refractivity contribution in [3.05, 3.63) is 47.8 Å². The number of rotatable bonds is 6. The Bertz CT molecular complexity index is 779. The van der Waals surface area contributed by atoms with Crippen LogP contribution in [-0.4, -0.2) is 33.8 Å². The third-order valence-electron chi connectivity index (χ3n) is 4.04. The summed E-state index contributed by atoms with van der Waals surface area (Å²) < 4.78 is 13.2. The molecule has 2 amide bonds. The number of aromatic nitrogens is 2. The molecule has 0 aliphatic heterocycles. The first-order valence-corrected chi connectivity index (χ1v) is 9.41. The second kappa shape index (κ2) is 8.75. The van der Waals surface area contributed by atoms with Gasteiger partial charge in [0.15, 0.2) is 5.82 Å². The van der Waals surface area contributed by atoms with Gasteiger partial charge in [0.25, 0.3) is 5.91 Å². The van der Waals surface area contributed by atoms with E-state index in [2.05, 4.69) is 20.8 Å². The van der Waals surface area contributed by atoms with E-state index in [4.69, 9.17) is 0 Å². The second-order valence-electron chi connectivity index (χ2n) is 6.06. The molecular formula is C18H19FN4O2S. The Morgan fingerprint density at radius 2 is 1.96 bits per heavy atom. The zero-order valence-corrected chi connectivity index (χ0v) is 14.9. The molecule has 6 nitrogen and oxygen atoms in total. The van der Waals surface area contributed by atoms with Gasteiger partial charge >= 0.3 is 0 Å². The Kier molecular flexibility index (Phi) is 6.17. The molecule has 8 heteroatoms. The van der Waals surface area contributed by atoms with Crippen LogP contribution in [0, 0.1) is 5.82 Å². The highest BCUT2D eigenvalue weighted by Crippen LogP contribution is 2.19. The van der Waals surface area contributed by atoms with Crippen molar-refractivity contribution in [2.75, 3.05) is 11.1 Å². The van der Waals surface area contributed by atoms with Crippen LogP contribution >= 0.6 is 11.8 Å². The Morgan fingerprint density at radius 1 is 1.15 bits per heavy atom. The van der Waals surface area contributed by atoms with Gasteiger partial charge in [-0.15, -0.1) is 10.2 Å². The van der Waals surface area contributed by atoms with Crippen molar-refractivity contribution in [2.24, 2.45) is 0 Å². The van der Waals surface area contributed by atoms with Crippen LogP contribution in [0.3, 0.4) is 0 Å². The minimum absolute atomic E-state index is 0.00724. The maximum atomic E-state index is 13.2. The normalized spacial score (nSPS) is 14.2. The fraction of sp³-hybridized carbons (Fsp3) is 0.333. The second-order valence-corrected chi connectivity index (χ2v) is 7.05. The minimum atomic E-state index is -0.480. The number of amides is 2. The van der Waals surface area contributed by atoms with Crippen LogP contribution in [0.4, 0.5) is 10.2 Å². The number of benzene rings is 1. The lowest BCUT2D eigenvalue weighted by molar-refractivity contribution is -0.119. The Morgan fingerprint density at radius 3 is 2.65 bits per heavy atom. The Labute approximate surface area is 155 Å². The van der Waals surface area contributed by atoms with Crippen LogP contribution in [-0.2, 0) is 4.79 Å². The van der Waals surface area contributed by atoms with E-state index in [0.717, 1.165) is 18.9 Å². The van der Waals surface area contributed by atoms with Gasteiger partial charge in [0.1, 0.15) is 10.8 Å². The van der Waals surface area contributed by atoms with E-state index in [1.54, 1.807) is 12.1 Å². The summed E-state index contributed by atoms with van der Waals surface area (Å²) in [7, 11) is 0. The first-order valence-electron chi connectivity index (χ1n) is 8.43. The molecule has 0 saturated heterocycles.